The van der Waals surface area contributed by atoms with Crippen molar-refractivity contribution < 1.29 is 19.7 Å². The normalized spacial score (nSPS) is 12.8. The molecule has 2 atom stereocenters. The smallest absolute Gasteiger partial charge is 0.273 e. The molecule has 0 aliphatic carbocycles. The first-order valence-electron chi connectivity index (χ1n) is 10.9. The van der Waals surface area contributed by atoms with Gasteiger partial charge in [0.25, 0.3) is 5.91 Å². The molecule has 0 bridgehead atoms. The number of hydrogen-bond acceptors (Lipinski definition) is 9. The Morgan fingerprint density at radius 1 is 1.21 bits per heavy atom. The molecule has 1 amide bonds. The molecule has 1 aromatic heterocycles. The van der Waals surface area contributed by atoms with E-state index in [0.717, 1.165) is 32.2 Å². The number of carbonyl (C=O) groups is 1. The largest absolute Gasteiger partial charge is 0.491 e. The second kappa shape index (κ2) is 13.8. The van der Waals surface area contributed by atoms with Crippen LogP contribution in [0, 0.1) is 0 Å². The highest BCUT2D eigenvalue weighted by atomic mass is 35.5. The van der Waals surface area contributed by atoms with Gasteiger partial charge >= 0.3 is 0 Å². The van der Waals surface area contributed by atoms with E-state index in [1.165, 1.54) is 5.56 Å². The summed E-state index contributed by atoms with van der Waals surface area (Å²) < 4.78 is 5.41. The van der Waals surface area contributed by atoms with Crippen LogP contribution in [-0.2, 0) is 6.42 Å². The van der Waals surface area contributed by atoms with Crippen molar-refractivity contribution in [3.63, 3.8) is 0 Å². The van der Waals surface area contributed by atoms with Crippen molar-refractivity contribution in [3.8, 4) is 5.75 Å². The molecule has 1 aromatic carbocycles. The summed E-state index contributed by atoms with van der Waals surface area (Å²) in [4.78, 5) is 20.2. The maximum absolute atomic E-state index is 12.4. The molecule has 182 valence electrons. The highest BCUT2D eigenvalue weighted by Crippen LogP contribution is 2.17. The zero-order valence-electron chi connectivity index (χ0n) is 18.8. The molecule has 8 N–H and O–H groups in total. The molecule has 0 radical (unpaired) electrons. The molecule has 2 rings (SSSR count). The molecule has 1 heterocycles. The number of aliphatic hydroxyl groups excluding tert-OH is 2. The molecule has 11 heteroatoms. The Balaban J connectivity index is 1.75. The van der Waals surface area contributed by atoms with Gasteiger partial charge in [0, 0.05) is 12.6 Å². The SMILES string of the molecule is CCC[C@@H](CNC(=O)c1nc(Cl)c(N)nc1N)NCCCc1ccc(OC[C@@H](O)CO)cc1. The van der Waals surface area contributed by atoms with Crippen LogP contribution in [0.4, 0.5) is 11.6 Å². The predicted octanol–water partition coefficient (Wildman–Crippen LogP) is 1.15. The molecule has 0 unspecified atom stereocenters. The zero-order valence-corrected chi connectivity index (χ0v) is 19.5. The molecular formula is C22H33ClN6O4. The maximum atomic E-state index is 12.4. The van der Waals surface area contributed by atoms with Gasteiger partial charge in [0.2, 0.25) is 0 Å². The Morgan fingerprint density at radius 2 is 1.94 bits per heavy atom. The average molecular weight is 481 g/mol. The van der Waals surface area contributed by atoms with E-state index in [1.807, 2.05) is 24.3 Å². The first kappa shape index (κ1) is 26.6. The Morgan fingerprint density at radius 3 is 2.61 bits per heavy atom. The number of aliphatic hydroxyl groups is 2. The molecule has 0 saturated heterocycles. The number of ether oxygens (including phenoxy) is 1. The van der Waals surface area contributed by atoms with Crippen LogP contribution < -0.4 is 26.8 Å². The minimum Gasteiger partial charge on any atom is -0.491 e. The zero-order chi connectivity index (χ0) is 24.2. The summed E-state index contributed by atoms with van der Waals surface area (Å²) in [5.74, 6) is 0.128. The fourth-order valence-corrected chi connectivity index (χ4v) is 3.26. The van der Waals surface area contributed by atoms with Gasteiger partial charge in [0.15, 0.2) is 22.5 Å². The van der Waals surface area contributed by atoms with Gasteiger partial charge < -0.3 is 37.1 Å². The molecule has 0 spiro atoms. The van der Waals surface area contributed by atoms with Gasteiger partial charge in [-0.2, -0.15) is 0 Å². The third kappa shape index (κ3) is 9.01. The molecule has 0 aliphatic rings. The topological polar surface area (TPSA) is 169 Å². The number of anilines is 2. The van der Waals surface area contributed by atoms with Gasteiger partial charge in [-0.15, -0.1) is 0 Å². The van der Waals surface area contributed by atoms with Crippen LogP contribution in [0.3, 0.4) is 0 Å². The second-order valence-electron chi connectivity index (χ2n) is 7.68. The van der Waals surface area contributed by atoms with Crippen LogP contribution in [0.2, 0.25) is 5.15 Å². The van der Waals surface area contributed by atoms with E-state index in [1.54, 1.807) is 0 Å². The van der Waals surface area contributed by atoms with Crippen LogP contribution in [0.15, 0.2) is 24.3 Å². The number of carbonyl (C=O) groups excluding carboxylic acids is 1. The lowest BCUT2D eigenvalue weighted by Crippen LogP contribution is -2.41. The van der Waals surface area contributed by atoms with E-state index in [9.17, 15) is 9.90 Å². The summed E-state index contributed by atoms with van der Waals surface area (Å²) in [6.07, 6.45) is 2.79. The lowest BCUT2D eigenvalue weighted by atomic mass is 10.1. The monoisotopic (exact) mass is 480 g/mol. The Labute approximate surface area is 198 Å². The Bertz CT molecular complexity index is 884. The minimum absolute atomic E-state index is 0.0149. The van der Waals surface area contributed by atoms with Crippen LogP contribution in [0.1, 0.15) is 42.2 Å². The maximum Gasteiger partial charge on any atom is 0.273 e. The van der Waals surface area contributed by atoms with Crippen molar-refractivity contribution in [2.75, 3.05) is 37.8 Å². The van der Waals surface area contributed by atoms with E-state index in [4.69, 9.17) is 32.9 Å². The molecular weight excluding hydrogens is 448 g/mol. The van der Waals surface area contributed by atoms with Gasteiger partial charge in [0.05, 0.1) is 6.61 Å². The number of nitrogens with two attached hydrogens (primary N) is 2. The van der Waals surface area contributed by atoms with Gasteiger partial charge in [-0.3, -0.25) is 4.79 Å². The van der Waals surface area contributed by atoms with Crippen molar-refractivity contribution in [1.29, 1.82) is 0 Å². The number of nitrogen functional groups attached to an aromatic ring is 2. The fraction of sp³-hybridized carbons (Fsp3) is 0.500. The number of halogens is 1. The number of nitrogens with one attached hydrogen (secondary N) is 2. The summed E-state index contributed by atoms with van der Waals surface area (Å²) >= 11 is 5.85. The second-order valence-corrected chi connectivity index (χ2v) is 8.04. The number of aromatic nitrogens is 2. The molecule has 2 aromatic rings. The van der Waals surface area contributed by atoms with Crippen molar-refractivity contribution in [3.05, 3.63) is 40.7 Å². The number of hydrogen-bond donors (Lipinski definition) is 6. The van der Waals surface area contributed by atoms with Gasteiger partial charge in [-0.1, -0.05) is 37.1 Å². The number of benzene rings is 1. The molecule has 0 aliphatic heterocycles. The lowest BCUT2D eigenvalue weighted by molar-refractivity contribution is 0.0536. The first-order valence-corrected chi connectivity index (χ1v) is 11.3. The Kier molecular flexibility index (Phi) is 11.1. The summed E-state index contributed by atoms with van der Waals surface area (Å²) in [5, 5.41) is 24.4. The molecule has 0 fully saturated rings. The minimum atomic E-state index is -0.883. The summed E-state index contributed by atoms with van der Waals surface area (Å²) in [5.41, 5.74) is 12.4. The number of rotatable bonds is 14. The fourth-order valence-electron chi connectivity index (χ4n) is 3.13. The van der Waals surface area contributed by atoms with E-state index in [2.05, 4.69) is 27.5 Å². The number of amides is 1. The van der Waals surface area contributed by atoms with Crippen molar-refractivity contribution in [2.45, 2.75) is 44.8 Å². The van der Waals surface area contributed by atoms with E-state index < -0.39 is 12.0 Å². The number of aryl methyl sites for hydroxylation is 1. The summed E-state index contributed by atoms with van der Waals surface area (Å²) in [7, 11) is 0. The van der Waals surface area contributed by atoms with Crippen LogP contribution in [0.5, 0.6) is 5.75 Å². The van der Waals surface area contributed by atoms with Gasteiger partial charge in [-0.05, 0) is 43.5 Å². The van der Waals surface area contributed by atoms with Crippen LogP contribution in [0.25, 0.3) is 0 Å². The van der Waals surface area contributed by atoms with E-state index in [0.29, 0.717) is 12.3 Å². The van der Waals surface area contributed by atoms with E-state index in [-0.39, 0.29) is 41.7 Å². The average Bonchev–Trinajstić information content (AvgIpc) is 2.81. The summed E-state index contributed by atoms with van der Waals surface area (Å²) in [6.45, 7) is 3.02. The highest BCUT2D eigenvalue weighted by molar-refractivity contribution is 6.31. The number of nitrogens with zero attached hydrogens (tertiary/aromatic N) is 2. The Hall–Kier alpha value is -2.66. The van der Waals surface area contributed by atoms with Crippen molar-refractivity contribution >= 4 is 29.1 Å². The quantitative estimate of drug-likeness (QED) is 0.217. The van der Waals surface area contributed by atoms with Crippen LogP contribution in [-0.4, -0.2) is 64.5 Å². The molecule has 0 saturated carbocycles. The highest BCUT2D eigenvalue weighted by Gasteiger charge is 2.17. The molecule has 10 nitrogen and oxygen atoms in total. The predicted molar refractivity (Wildman–Crippen MR) is 128 cm³/mol. The standard InChI is InChI=1S/C22H33ClN6O4/c1-2-4-15(11-27-22(32)18-20(24)29-21(25)19(23)28-18)26-10-3-5-14-6-8-17(9-7-14)33-13-16(31)12-30/h6-9,15-16,26,30-31H,2-5,10-13H2,1H3,(H,27,32)(H4,24,25,29)/t15-,16-/m0/s1. The lowest BCUT2D eigenvalue weighted by Gasteiger charge is -2.19. The van der Waals surface area contributed by atoms with E-state index >= 15 is 0 Å². The van der Waals surface area contributed by atoms with Crippen LogP contribution >= 0.6 is 11.6 Å². The van der Waals surface area contributed by atoms with Gasteiger partial charge in [0.1, 0.15) is 18.5 Å². The first-order chi connectivity index (χ1) is 15.8. The summed E-state index contributed by atoms with van der Waals surface area (Å²) in [6, 6.07) is 7.76. The van der Waals surface area contributed by atoms with Crippen molar-refractivity contribution in [1.82, 2.24) is 20.6 Å². The van der Waals surface area contributed by atoms with Gasteiger partial charge in [-0.25, -0.2) is 9.97 Å². The van der Waals surface area contributed by atoms with Crippen molar-refractivity contribution in [2.24, 2.45) is 0 Å². The molecule has 33 heavy (non-hydrogen) atoms. The third-order valence-electron chi connectivity index (χ3n) is 4.92. The third-order valence-corrected chi connectivity index (χ3v) is 5.20.